The average Bonchev–Trinajstić information content (AvgIpc) is 2.75. The zero-order chi connectivity index (χ0) is 10.8. The molecular weight excluding hydrogens is 196 g/mol. The summed E-state index contributed by atoms with van der Waals surface area (Å²) in [6.07, 6.45) is 11.1. The second kappa shape index (κ2) is 4.06. The third kappa shape index (κ3) is 1.80. The first kappa shape index (κ1) is 10.1. The van der Waals surface area contributed by atoms with Gasteiger partial charge in [0, 0.05) is 0 Å². The lowest BCUT2D eigenvalue weighted by atomic mass is 9.85. The molecule has 1 aromatic rings. The lowest BCUT2D eigenvalue weighted by molar-refractivity contribution is -0.0472. The quantitative estimate of drug-likeness (QED) is 0.642. The highest BCUT2D eigenvalue weighted by molar-refractivity contribution is 5.26. The number of rotatable bonds is 1. The topological polar surface area (TPSA) is 9.23 Å². The Morgan fingerprint density at radius 2 is 1.75 bits per heavy atom. The molecule has 1 spiro atoms. The van der Waals surface area contributed by atoms with Crippen LogP contribution in [0.3, 0.4) is 0 Å². The van der Waals surface area contributed by atoms with E-state index in [-0.39, 0.29) is 11.7 Å². The molecule has 0 saturated heterocycles. The van der Waals surface area contributed by atoms with Gasteiger partial charge in [-0.1, -0.05) is 61.7 Å². The van der Waals surface area contributed by atoms with E-state index in [9.17, 15) is 0 Å². The van der Waals surface area contributed by atoms with Crippen LogP contribution in [0.5, 0.6) is 0 Å². The Bertz CT molecular complexity index is 374. The van der Waals surface area contributed by atoms with Gasteiger partial charge in [-0.15, -0.1) is 0 Å². The summed E-state index contributed by atoms with van der Waals surface area (Å²) >= 11 is 0. The Balaban J connectivity index is 1.76. The monoisotopic (exact) mass is 214 g/mol. The normalized spacial score (nSPS) is 27.4. The summed E-state index contributed by atoms with van der Waals surface area (Å²) in [7, 11) is 0. The van der Waals surface area contributed by atoms with Gasteiger partial charge in [0.2, 0.25) is 0 Å². The molecule has 1 atom stereocenters. The maximum atomic E-state index is 6.26. The molecule has 84 valence electrons. The van der Waals surface area contributed by atoms with Gasteiger partial charge in [0.15, 0.2) is 0 Å². The molecule has 1 unspecified atom stereocenters. The molecule has 0 radical (unpaired) electrons. The second-order valence-corrected chi connectivity index (χ2v) is 4.93. The lowest BCUT2D eigenvalue weighted by Gasteiger charge is -2.32. The molecule has 2 aliphatic rings. The number of benzene rings is 1. The molecule has 1 aliphatic heterocycles. The number of hydrogen-bond acceptors (Lipinski definition) is 1. The van der Waals surface area contributed by atoms with Crippen molar-refractivity contribution in [1.82, 2.24) is 0 Å². The highest BCUT2D eigenvalue weighted by Crippen LogP contribution is 2.42. The van der Waals surface area contributed by atoms with Crippen LogP contribution < -0.4 is 0 Å². The first-order valence-corrected chi connectivity index (χ1v) is 6.30. The standard InChI is InChI=1S/C15H18O/c1-3-7-13(8-4-1)14-9-12-15(16-14)10-5-2-6-11-15/h1,3-4,7-9,12,14H,2,5-6,10-11H2. The van der Waals surface area contributed by atoms with E-state index in [0.29, 0.717) is 0 Å². The third-order valence-electron chi connectivity index (χ3n) is 3.76. The summed E-state index contributed by atoms with van der Waals surface area (Å²) < 4.78 is 6.26. The van der Waals surface area contributed by atoms with Gasteiger partial charge in [0.25, 0.3) is 0 Å². The third-order valence-corrected chi connectivity index (χ3v) is 3.76. The molecule has 0 amide bonds. The fourth-order valence-electron chi connectivity index (χ4n) is 2.85. The van der Waals surface area contributed by atoms with Crippen LogP contribution in [-0.4, -0.2) is 5.60 Å². The van der Waals surface area contributed by atoms with Crippen molar-refractivity contribution >= 4 is 0 Å². The van der Waals surface area contributed by atoms with E-state index >= 15 is 0 Å². The minimum absolute atomic E-state index is 0.0682. The minimum atomic E-state index is 0.0682. The second-order valence-electron chi connectivity index (χ2n) is 4.93. The summed E-state index contributed by atoms with van der Waals surface area (Å²) in [4.78, 5) is 0. The van der Waals surface area contributed by atoms with E-state index in [1.165, 1.54) is 37.7 Å². The van der Waals surface area contributed by atoms with Gasteiger partial charge < -0.3 is 4.74 Å². The number of ether oxygens (including phenoxy) is 1. The smallest absolute Gasteiger partial charge is 0.102 e. The van der Waals surface area contributed by atoms with Gasteiger partial charge in [-0.25, -0.2) is 0 Å². The Labute approximate surface area is 97.1 Å². The van der Waals surface area contributed by atoms with Crippen LogP contribution in [0.2, 0.25) is 0 Å². The van der Waals surface area contributed by atoms with E-state index in [0.717, 1.165) is 0 Å². The largest absolute Gasteiger partial charge is 0.359 e. The maximum Gasteiger partial charge on any atom is 0.102 e. The first-order chi connectivity index (χ1) is 7.88. The fraction of sp³-hybridized carbons (Fsp3) is 0.467. The SMILES string of the molecule is C1=CC2(CCCCC2)OC1c1ccccc1. The zero-order valence-electron chi connectivity index (χ0n) is 9.56. The van der Waals surface area contributed by atoms with E-state index in [2.05, 4.69) is 42.5 Å². The predicted molar refractivity (Wildman–Crippen MR) is 65.2 cm³/mol. The van der Waals surface area contributed by atoms with Crippen LogP contribution in [0.25, 0.3) is 0 Å². The summed E-state index contributed by atoms with van der Waals surface area (Å²) in [5.41, 5.74) is 1.35. The summed E-state index contributed by atoms with van der Waals surface area (Å²) in [5.74, 6) is 0. The van der Waals surface area contributed by atoms with Crippen molar-refractivity contribution in [3.8, 4) is 0 Å². The van der Waals surface area contributed by atoms with Crippen molar-refractivity contribution in [3.05, 3.63) is 48.0 Å². The van der Waals surface area contributed by atoms with Crippen molar-refractivity contribution in [3.63, 3.8) is 0 Å². The molecule has 16 heavy (non-hydrogen) atoms. The van der Waals surface area contributed by atoms with Crippen LogP contribution in [0.4, 0.5) is 0 Å². The van der Waals surface area contributed by atoms with Crippen molar-refractivity contribution in [2.24, 2.45) is 0 Å². The highest BCUT2D eigenvalue weighted by Gasteiger charge is 2.36. The molecule has 1 aromatic carbocycles. The van der Waals surface area contributed by atoms with Gasteiger partial charge in [-0.3, -0.25) is 0 Å². The Kier molecular flexibility index (Phi) is 2.56. The molecule has 1 fully saturated rings. The van der Waals surface area contributed by atoms with Gasteiger partial charge in [0.05, 0.1) is 5.60 Å². The molecular formula is C15H18O. The molecule has 0 N–H and O–H groups in total. The molecule has 1 aliphatic carbocycles. The van der Waals surface area contributed by atoms with E-state index in [1.807, 2.05) is 0 Å². The van der Waals surface area contributed by atoms with Gasteiger partial charge in [0.1, 0.15) is 6.10 Å². The predicted octanol–water partition coefficient (Wildman–Crippen LogP) is 4.02. The van der Waals surface area contributed by atoms with Crippen molar-refractivity contribution < 1.29 is 4.74 Å². The van der Waals surface area contributed by atoms with Crippen LogP contribution >= 0.6 is 0 Å². The van der Waals surface area contributed by atoms with Crippen molar-refractivity contribution in [1.29, 1.82) is 0 Å². The molecule has 1 nitrogen and oxygen atoms in total. The van der Waals surface area contributed by atoms with E-state index in [4.69, 9.17) is 4.74 Å². The number of hydrogen-bond donors (Lipinski definition) is 0. The summed E-state index contributed by atoms with van der Waals surface area (Å²) in [5, 5.41) is 0. The molecule has 1 heterocycles. The summed E-state index contributed by atoms with van der Waals surface area (Å²) in [6, 6.07) is 10.5. The van der Waals surface area contributed by atoms with Crippen molar-refractivity contribution in [2.45, 2.75) is 43.8 Å². The molecule has 0 bridgehead atoms. The Morgan fingerprint density at radius 3 is 2.50 bits per heavy atom. The highest BCUT2D eigenvalue weighted by atomic mass is 16.5. The fourth-order valence-corrected chi connectivity index (χ4v) is 2.85. The van der Waals surface area contributed by atoms with Gasteiger partial charge in [-0.2, -0.15) is 0 Å². The van der Waals surface area contributed by atoms with Crippen LogP contribution in [0, 0.1) is 0 Å². The van der Waals surface area contributed by atoms with E-state index < -0.39 is 0 Å². The minimum Gasteiger partial charge on any atom is -0.359 e. The Hall–Kier alpha value is -1.08. The molecule has 0 aromatic heterocycles. The Morgan fingerprint density at radius 1 is 1.00 bits per heavy atom. The van der Waals surface area contributed by atoms with Crippen LogP contribution in [-0.2, 0) is 4.74 Å². The average molecular weight is 214 g/mol. The molecule has 3 rings (SSSR count). The summed E-state index contributed by atoms with van der Waals surface area (Å²) in [6.45, 7) is 0. The molecule has 1 heteroatoms. The van der Waals surface area contributed by atoms with Crippen molar-refractivity contribution in [2.75, 3.05) is 0 Å². The zero-order valence-corrected chi connectivity index (χ0v) is 9.56. The van der Waals surface area contributed by atoms with Crippen LogP contribution in [0.15, 0.2) is 42.5 Å². The molecule has 1 saturated carbocycles. The van der Waals surface area contributed by atoms with E-state index in [1.54, 1.807) is 0 Å². The maximum absolute atomic E-state index is 6.26. The van der Waals surface area contributed by atoms with Gasteiger partial charge >= 0.3 is 0 Å². The lowest BCUT2D eigenvalue weighted by Crippen LogP contribution is -2.30. The first-order valence-electron chi connectivity index (χ1n) is 6.30. The van der Waals surface area contributed by atoms with Crippen LogP contribution in [0.1, 0.15) is 43.8 Å². The van der Waals surface area contributed by atoms with Gasteiger partial charge in [-0.05, 0) is 18.4 Å².